The van der Waals surface area contributed by atoms with E-state index >= 15 is 0 Å². The van der Waals surface area contributed by atoms with Crippen molar-refractivity contribution in [2.24, 2.45) is 0 Å². The van der Waals surface area contributed by atoms with Crippen LogP contribution >= 0.6 is 0 Å². The van der Waals surface area contributed by atoms with Crippen LogP contribution < -0.4 is 5.73 Å². The zero-order chi connectivity index (χ0) is 14.4. The minimum absolute atomic E-state index is 0.116. The van der Waals surface area contributed by atoms with E-state index in [9.17, 15) is 17.2 Å². The minimum Gasteiger partial charge on any atom is -0.399 e. The van der Waals surface area contributed by atoms with Crippen LogP contribution in [0.1, 0.15) is 26.7 Å². The van der Waals surface area contributed by atoms with Gasteiger partial charge in [-0.15, -0.1) is 0 Å². The van der Waals surface area contributed by atoms with E-state index in [4.69, 9.17) is 5.73 Å². The standard InChI is InChI=1S/C12H16F2N2O2S/c1-12(2)4-3-5-16(12)19(17,18)10-7-8(15)6-9(13)11(10)14/h6-7H,3-5,15H2,1-2H3. The van der Waals surface area contributed by atoms with Gasteiger partial charge in [-0.2, -0.15) is 4.31 Å². The molecule has 1 heterocycles. The zero-order valence-electron chi connectivity index (χ0n) is 10.8. The van der Waals surface area contributed by atoms with E-state index < -0.39 is 32.1 Å². The Kier molecular flexibility index (Phi) is 3.30. The first-order valence-corrected chi connectivity index (χ1v) is 7.37. The lowest BCUT2D eigenvalue weighted by Crippen LogP contribution is -2.42. The van der Waals surface area contributed by atoms with Crippen LogP contribution in [0.2, 0.25) is 0 Å². The van der Waals surface area contributed by atoms with E-state index in [2.05, 4.69) is 0 Å². The number of halogens is 2. The molecule has 0 bridgehead atoms. The lowest BCUT2D eigenvalue weighted by molar-refractivity contribution is 0.290. The van der Waals surface area contributed by atoms with Crippen LogP contribution in [-0.2, 0) is 10.0 Å². The van der Waals surface area contributed by atoms with E-state index in [0.29, 0.717) is 19.4 Å². The molecule has 0 amide bonds. The van der Waals surface area contributed by atoms with Gasteiger partial charge in [0, 0.05) is 17.8 Å². The maximum atomic E-state index is 13.7. The number of rotatable bonds is 2. The van der Waals surface area contributed by atoms with E-state index in [1.54, 1.807) is 13.8 Å². The molecule has 106 valence electrons. The lowest BCUT2D eigenvalue weighted by atomic mass is 10.0. The van der Waals surface area contributed by atoms with Gasteiger partial charge in [0.2, 0.25) is 10.0 Å². The van der Waals surface area contributed by atoms with E-state index in [1.165, 1.54) is 4.31 Å². The average molecular weight is 290 g/mol. The molecule has 0 atom stereocenters. The zero-order valence-corrected chi connectivity index (χ0v) is 11.6. The molecule has 1 aromatic carbocycles. The van der Waals surface area contributed by atoms with Crippen LogP contribution in [0.25, 0.3) is 0 Å². The molecule has 1 saturated heterocycles. The number of nitrogens with two attached hydrogens (primary N) is 1. The van der Waals surface area contributed by atoms with Gasteiger partial charge in [0.1, 0.15) is 4.90 Å². The number of nitrogen functional groups attached to an aromatic ring is 1. The Morgan fingerprint density at radius 1 is 1.32 bits per heavy atom. The molecule has 1 aliphatic heterocycles. The van der Waals surface area contributed by atoms with Crippen LogP contribution in [0.15, 0.2) is 17.0 Å². The van der Waals surface area contributed by atoms with Crippen molar-refractivity contribution in [2.45, 2.75) is 37.1 Å². The Balaban J connectivity index is 2.58. The van der Waals surface area contributed by atoms with Crippen molar-refractivity contribution in [2.75, 3.05) is 12.3 Å². The predicted molar refractivity (Wildman–Crippen MR) is 68.0 cm³/mol. The molecule has 2 rings (SSSR count). The second kappa shape index (κ2) is 4.42. The van der Waals surface area contributed by atoms with Gasteiger partial charge >= 0.3 is 0 Å². The lowest BCUT2D eigenvalue weighted by Gasteiger charge is -2.30. The summed E-state index contributed by atoms with van der Waals surface area (Å²) in [6.07, 6.45) is 1.37. The quantitative estimate of drug-likeness (QED) is 0.848. The van der Waals surface area contributed by atoms with Gasteiger partial charge in [-0.1, -0.05) is 0 Å². The molecular weight excluding hydrogens is 274 g/mol. The predicted octanol–water partition coefficient (Wildman–Crippen LogP) is 2.11. The van der Waals surface area contributed by atoms with Crippen LogP contribution in [0.5, 0.6) is 0 Å². The van der Waals surface area contributed by atoms with Crippen molar-refractivity contribution < 1.29 is 17.2 Å². The molecule has 0 radical (unpaired) electrons. The third-order valence-corrected chi connectivity index (χ3v) is 5.52. The number of sulfonamides is 1. The second-order valence-corrected chi connectivity index (χ2v) is 7.14. The summed E-state index contributed by atoms with van der Waals surface area (Å²) in [6, 6.07) is 1.73. The molecule has 1 aromatic rings. The molecule has 0 saturated carbocycles. The molecule has 19 heavy (non-hydrogen) atoms. The molecule has 2 N–H and O–H groups in total. The topological polar surface area (TPSA) is 63.4 Å². The molecule has 4 nitrogen and oxygen atoms in total. The van der Waals surface area contributed by atoms with Crippen molar-refractivity contribution >= 4 is 15.7 Å². The summed E-state index contributed by atoms with van der Waals surface area (Å²) in [5.74, 6) is -2.63. The van der Waals surface area contributed by atoms with Crippen molar-refractivity contribution in [3.05, 3.63) is 23.8 Å². The highest BCUT2D eigenvalue weighted by atomic mass is 32.2. The smallest absolute Gasteiger partial charge is 0.246 e. The summed E-state index contributed by atoms with van der Waals surface area (Å²) in [5, 5.41) is 0. The van der Waals surface area contributed by atoms with Gasteiger partial charge in [0.25, 0.3) is 0 Å². The molecule has 0 aromatic heterocycles. The number of benzene rings is 1. The first kappa shape index (κ1) is 14.2. The van der Waals surface area contributed by atoms with Crippen LogP contribution in [0, 0.1) is 11.6 Å². The fourth-order valence-corrected chi connectivity index (χ4v) is 4.38. The summed E-state index contributed by atoms with van der Waals surface area (Å²) in [7, 11) is -4.08. The number of hydrogen-bond donors (Lipinski definition) is 1. The van der Waals surface area contributed by atoms with Gasteiger partial charge < -0.3 is 5.73 Å². The van der Waals surface area contributed by atoms with Gasteiger partial charge in [-0.05, 0) is 38.8 Å². The van der Waals surface area contributed by atoms with Crippen LogP contribution in [0.3, 0.4) is 0 Å². The molecule has 1 fully saturated rings. The molecule has 7 heteroatoms. The van der Waals surface area contributed by atoms with Crippen molar-refractivity contribution in [1.82, 2.24) is 4.31 Å². The Bertz CT molecular complexity index is 614. The van der Waals surface area contributed by atoms with Crippen molar-refractivity contribution in [3.8, 4) is 0 Å². The maximum absolute atomic E-state index is 13.7. The monoisotopic (exact) mass is 290 g/mol. The van der Waals surface area contributed by atoms with Gasteiger partial charge in [0.15, 0.2) is 11.6 Å². The summed E-state index contributed by atoms with van der Waals surface area (Å²) in [5.41, 5.74) is 4.68. The number of anilines is 1. The molecule has 0 unspecified atom stereocenters. The Hall–Kier alpha value is -1.21. The summed E-state index contributed by atoms with van der Waals surface area (Å²) >= 11 is 0. The third kappa shape index (κ3) is 2.32. The average Bonchev–Trinajstić information content (AvgIpc) is 2.63. The Morgan fingerprint density at radius 2 is 1.95 bits per heavy atom. The van der Waals surface area contributed by atoms with E-state index in [1.807, 2.05) is 0 Å². The summed E-state index contributed by atoms with van der Waals surface area (Å²) in [4.78, 5) is -0.694. The summed E-state index contributed by atoms with van der Waals surface area (Å²) in [6.45, 7) is 3.82. The van der Waals surface area contributed by atoms with Gasteiger partial charge in [0.05, 0.1) is 0 Å². The Labute approximate surface area is 111 Å². The Morgan fingerprint density at radius 3 is 2.47 bits per heavy atom. The fourth-order valence-electron chi connectivity index (χ4n) is 2.42. The largest absolute Gasteiger partial charge is 0.399 e. The molecule has 1 aliphatic rings. The molecule has 0 aliphatic carbocycles. The highest BCUT2D eigenvalue weighted by Crippen LogP contribution is 2.35. The van der Waals surface area contributed by atoms with Gasteiger partial charge in [-0.25, -0.2) is 17.2 Å². The van der Waals surface area contributed by atoms with E-state index in [0.717, 1.165) is 12.1 Å². The minimum atomic E-state index is -4.08. The van der Waals surface area contributed by atoms with Gasteiger partial charge in [-0.3, -0.25) is 0 Å². The third-order valence-electron chi connectivity index (χ3n) is 3.41. The summed E-state index contributed by atoms with van der Waals surface area (Å²) < 4.78 is 53.1. The second-order valence-electron chi connectivity index (χ2n) is 5.31. The highest BCUT2D eigenvalue weighted by Gasteiger charge is 2.42. The normalized spacial score (nSPS) is 19.8. The van der Waals surface area contributed by atoms with Crippen LogP contribution in [-0.4, -0.2) is 24.8 Å². The molecular formula is C12H16F2N2O2S. The maximum Gasteiger partial charge on any atom is 0.246 e. The van der Waals surface area contributed by atoms with Crippen molar-refractivity contribution in [3.63, 3.8) is 0 Å². The fraction of sp³-hybridized carbons (Fsp3) is 0.500. The highest BCUT2D eigenvalue weighted by molar-refractivity contribution is 7.89. The van der Waals surface area contributed by atoms with Crippen LogP contribution in [0.4, 0.5) is 14.5 Å². The van der Waals surface area contributed by atoms with Crippen molar-refractivity contribution in [1.29, 1.82) is 0 Å². The number of hydrogen-bond acceptors (Lipinski definition) is 3. The molecule has 0 spiro atoms. The SMILES string of the molecule is CC1(C)CCCN1S(=O)(=O)c1cc(N)cc(F)c1F. The first-order chi connectivity index (χ1) is 8.66. The number of nitrogens with zero attached hydrogens (tertiary/aromatic N) is 1. The van der Waals surface area contributed by atoms with E-state index in [-0.39, 0.29) is 5.69 Å². The first-order valence-electron chi connectivity index (χ1n) is 5.93.